The summed E-state index contributed by atoms with van der Waals surface area (Å²) in [6.07, 6.45) is 2.39. The highest BCUT2D eigenvalue weighted by Gasteiger charge is 2.15. The minimum Gasteiger partial charge on any atom is -0.0922 e. The molecule has 0 heterocycles. The van der Waals surface area contributed by atoms with E-state index in [2.05, 4.69) is 64.9 Å². The molecule has 0 nitrogen and oxygen atoms in total. The molecule has 0 unspecified atom stereocenters. The molecule has 0 saturated carbocycles. The molecule has 14 heavy (non-hydrogen) atoms. The first-order chi connectivity index (χ1) is 6.02. The predicted molar refractivity (Wildman–Crippen MR) is 74.2 cm³/mol. The fraction of sp³-hybridized carbons (Fsp3) is 0.667. The lowest BCUT2D eigenvalue weighted by atomic mass is 10.3. The molecule has 0 aromatic heterocycles. The zero-order valence-corrected chi connectivity index (χ0v) is 13.2. The van der Waals surface area contributed by atoms with Crippen LogP contribution in [-0.2, 0) is 0 Å². The van der Waals surface area contributed by atoms with E-state index in [0.717, 1.165) is 0 Å². The van der Waals surface area contributed by atoms with Gasteiger partial charge in [-0.15, -0.1) is 0 Å². The molecule has 82 valence electrons. The molecule has 0 radical (unpaired) electrons. The van der Waals surface area contributed by atoms with Crippen molar-refractivity contribution in [1.82, 2.24) is 0 Å². The van der Waals surface area contributed by atoms with Gasteiger partial charge in [-0.3, -0.25) is 0 Å². The SMILES string of the molecule is CC(=C\[Si](C)(C)C)/C=C(\C)[Si](C)(C)C. The topological polar surface area (TPSA) is 0 Å². The van der Waals surface area contributed by atoms with Gasteiger partial charge in [0.05, 0.1) is 16.1 Å². The van der Waals surface area contributed by atoms with E-state index in [1.165, 1.54) is 5.57 Å². The summed E-state index contributed by atoms with van der Waals surface area (Å²) in [5.74, 6) is 0. The standard InChI is InChI=1S/C12H26Si2/c1-11(10-13(3,4)5)9-12(2)14(6,7)8/h9-10H,1-8H3/b11-10+,12-9+. The van der Waals surface area contributed by atoms with Gasteiger partial charge in [0, 0.05) is 0 Å². The quantitative estimate of drug-likeness (QED) is 0.486. The minimum absolute atomic E-state index is 1.04. The van der Waals surface area contributed by atoms with Crippen molar-refractivity contribution in [2.75, 3.05) is 0 Å². The fourth-order valence-electron chi connectivity index (χ4n) is 1.28. The van der Waals surface area contributed by atoms with Gasteiger partial charge in [-0.25, -0.2) is 0 Å². The summed E-state index contributed by atoms with van der Waals surface area (Å²) in [6.45, 7) is 18.9. The van der Waals surface area contributed by atoms with E-state index >= 15 is 0 Å². The Labute approximate surface area is 92.1 Å². The van der Waals surface area contributed by atoms with Gasteiger partial charge in [0.2, 0.25) is 0 Å². The molecule has 0 spiro atoms. The molecule has 0 atom stereocenters. The Kier molecular flexibility index (Phi) is 4.59. The summed E-state index contributed by atoms with van der Waals surface area (Å²) >= 11 is 0. The minimum atomic E-state index is -1.06. The van der Waals surface area contributed by atoms with Crippen molar-refractivity contribution >= 4 is 16.1 Å². The average molecular weight is 227 g/mol. The van der Waals surface area contributed by atoms with Crippen LogP contribution in [0.1, 0.15) is 13.8 Å². The van der Waals surface area contributed by atoms with Crippen LogP contribution in [0.15, 0.2) is 22.5 Å². The second kappa shape index (κ2) is 4.62. The van der Waals surface area contributed by atoms with Crippen LogP contribution in [0.5, 0.6) is 0 Å². The van der Waals surface area contributed by atoms with Gasteiger partial charge in [-0.05, 0) is 13.8 Å². The highest BCUT2D eigenvalue weighted by Crippen LogP contribution is 2.17. The van der Waals surface area contributed by atoms with Crippen LogP contribution < -0.4 is 0 Å². The maximum atomic E-state index is 2.48. The Morgan fingerprint density at radius 3 is 1.57 bits per heavy atom. The monoisotopic (exact) mass is 226 g/mol. The second-order valence-electron chi connectivity index (χ2n) is 6.33. The van der Waals surface area contributed by atoms with Crippen molar-refractivity contribution in [1.29, 1.82) is 0 Å². The molecule has 0 aliphatic carbocycles. The van der Waals surface area contributed by atoms with Crippen LogP contribution in [0.4, 0.5) is 0 Å². The lowest BCUT2D eigenvalue weighted by Crippen LogP contribution is -2.22. The zero-order valence-electron chi connectivity index (χ0n) is 11.2. The van der Waals surface area contributed by atoms with Gasteiger partial charge in [-0.1, -0.05) is 61.8 Å². The van der Waals surface area contributed by atoms with Gasteiger partial charge in [-0.2, -0.15) is 0 Å². The van der Waals surface area contributed by atoms with E-state index in [0.29, 0.717) is 0 Å². The van der Waals surface area contributed by atoms with E-state index in [1.54, 1.807) is 5.20 Å². The molecule has 0 N–H and O–H groups in total. The Bertz CT molecular complexity index is 246. The summed E-state index contributed by atoms with van der Waals surface area (Å²) < 4.78 is 0. The molecule has 0 bridgehead atoms. The van der Waals surface area contributed by atoms with Gasteiger partial charge < -0.3 is 0 Å². The van der Waals surface area contributed by atoms with Gasteiger partial charge in [0.25, 0.3) is 0 Å². The van der Waals surface area contributed by atoms with Crippen LogP contribution in [0.25, 0.3) is 0 Å². The third-order valence-corrected chi connectivity index (χ3v) is 6.12. The lowest BCUT2D eigenvalue weighted by molar-refractivity contribution is 1.44. The van der Waals surface area contributed by atoms with E-state index in [-0.39, 0.29) is 0 Å². The predicted octanol–water partition coefficient (Wildman–Crippen LogP) is 4.63. The Balaban J connectivity index is 4.77. The van der Waals surface area contributed by atoms with Crippen LogP contribution in [0, 0.1) is 0 Å². The summed E-state index contributed by atoms with van der Waals surface area (Å²) in [7, 11) is -2.10. The van der Waals surface area contributed by atoms with Gasteiger partial charge >= 0.3 is 0 Å². The van der Waals surface area contributed by atoms with Crippen LogP contribution in [0.2, 0.25) is 39.3 Å². The third-order valence-electron chi connectivity index (χ3n) is 2.29. The molecular formula is C12H26Si2. The van der Waals surface area contributed by atoms with Crippen molar-refractivity contribution in [2.24, 2.45) is 0 Å². The summed E-state index contributed by atoms with van der Waals surface area (Å²) in [4.78, 5) is 0. The highest BCUT2D eigenvalue weighted by molar-refractivity contribution is 6.83. The summed E-state index contributed by atoms with van der Waals surface area (Å²) in [5, 5.41) is 1.60. The maximum Gasteiger partial charge on any atom is 0.0720 e. The Morgan fingerprint density at radius 1 is 0.857 bits per heavy atom. The van der Waals surface area contributed by atoms with Crippen molar-refractivity contribution < 1.29 is 0 Å². The Hall–Kier alpha value is -0.0862. The number of hydrogen-bond donors (Lipinski definition) is 0. The summed E-state index contributed by atoms with van der Waals surface area (Å²) in [5.41, 5.74) is 3.94. The average Bonchev–Trinajstić information content (AvgIpc) is 1.79. The molecule has 0 aliphatic heterocycles. The molecule has 0 fully saturated rings. The van der Waals surface area contributed by atoms with Crippen molar-refractivity contribution in [2.45, 2.75) is 53.1 Å². The highest BCUT2D eigenvalue weighted by atomic mass is 28.3. The van der Waals surface area contributed by atoms with Crippen molar-refractivity contribution in [3.63, 3.8) is 0 Å². The number of hydrogen-bond acceptors (Lipinski definition) is 0. The largest absolute Gasteiger partial charge is 0.0922 e. The molecule has 2 heteroatoms. The number of allylic oxidation sites excluding steroid dienone is 3. The first kappa shape index (κ1) is 13.9. The molecule has 0 amide bonds. The first-order valence-electron chi connectivity index (χ1n) is 5.40. The Morgan fingerprint density at radius 2 is 1.29 bits per heavy atom. The first-order valence-corrected chi connectivity index (χ1v) is 12.5. The molecule has 0 rings (SSSR count). The normalized spacial score (nSPS) is 16.0. The molecule has 0 aliphatic rings. The fourth-order valence-corrected chi connectivity index (χ4v) is 3.39. The maximum absolute atomic E-state index is 2.48. The lowest BCUT2D eigenvalue weighted by Gasteiger charge is -2.18. The van der Waals surface area contributed by atoms with Crippen LogP contribution in [-0.4, -0.2) is 16.1 Å². The van der Waals surface area contributed by atoms with Crippen LogP contribution in [0.3, 0.4) is 0 Å². The van der Waals surface area contributed by atoms with E-state index in [1.807, 2.05) is 0 Å². The molecule has 0 saturated heterocycles. The van der Waals surface area contributed by atoms with Gasteiger partial charge in [0.1, 0.15) is 0 Å². The van der Waals surface area contributed by atoms with Gasteiger partial charge in [0.15, 0.2) is 0 Å². The number of rotatable bonds is 3. The second-order valence-corrected chi connectivity index (χ2v) is 16.6. The van der Waals surface area contributed by atoms with E-state index in [4.69, 9.17) is 0 Å². The van der Waals surface area contributed by atoms with E-state index in [9.17, 15) is 0 Å². The molecule has 0 aromatic rings. The van der Waals surface area contributed by atoms with Crippen molar-refractivity contribution in [3.8, 4) is 0 Å². The zero-order chi connectivity index (χ0) is 11.6. The molecule has 0 aromatic carbocycles. The third kappa shape index (κ3) is 6.38. The molecular weight excluding hydrogens is 200 g/mol. The summed E-state index contributed by atoms with van der Waals surface area (Å²) in [6, 6.07) is 0. The smallest absolute Gasteiger partial charge is 0.0720 e. The van der Waals surface area contributed by atoms with Crippen LogP contribution >= 0.6 is 0 Å². The van der Waals surface area contributed by atoms with Crippen molar-refractivity contribution in [3.05, 3.63) is 22.5 Å². The van der Waals surface area contributed by atoms with E-state index < -0.39 is 16.1 Å².